The number of amides is 2. The summed E-state index contributed by atoms with van der Waals surface area (Å²) >= 11 is 11.9. The van der Waals surface area contributed by atoms with E-state index in [-0.39, 0.29) is 24.0 Å². The molecule has 1 aromatic rings. The summed E-state index contributed by atoms with van der Waals surface area (Å²) in [5, 5.41) is -0.224. The van der Waals surface area contributed by atoms with Gasteiger partial charge in [0.05, 0.1) is 48.8 Å². The molecule has 0 spiro atoms. The average Bonchev–Trinajstić information content (AvgIpc) is 3.22. The molecule has 3 aliphatic rings. The van der Waals surface area contributed by atoms with Gasteiger partial charge in [-0.1, -0.05) is 11.6 Å². The highest BCUT2D eigenvalue weighted by Gasteiger charge is 2.34. The maximum atomic E-state index is 12.7. The van der Waals surface area contributed by atoms with Crippen molar-refractivity contribution >= 4 is 41.0 Å². The minimum absolute atomic E-state index is 0.0921. The number of aromatic nitrogens is 2. The van der Waals surface area contributed by atoms with E-state index in [4.69, 9.17) is 32.7 Å². The Balaban J connectivity index is 1.17. The SMILES string of the molecule is O=C1NNCC(OC[C@H]2CC[C@H](CC(=O)N3CCN(c4ncc(Cl)cn4)CC3)O2)C1Cl. The smallest absolute Gasteiger partial charge is 0.254 e. The summed E-state index contributed by atoms with van der Waals surface area (Å²) in [6.07, 6.45) is 4.53. The average molecular weight is 473 g/mol. The summed E-state index contributed by atoms with van der Waals surface area (Å²) in [5.41, 5.74) is 5.23. The van der Waals surface area contributed by atoms with E-state index in [1.165, 1.54) is 0 Å². The number of rotatable bonds is 6. The van der Waals surface area contributed by atoms with Crippen molar-refractivity contribution in [3.8, 4) is 0 Å². The van der Waals surface area contributed by atoms with Crippen LogP contribution in [-0.2, 0) is 19.1 Å². The number of hydrogen-bond donors (Lipinski definition) is 2. The van der Waals surface area contributed by atoms with Crippen molar-refractivity contribution in [2.75, 3.05) is 44.2 Å². The minimum atomic E-state index is -0.725. The van der Waals surface area contributed by atoms with Crippen LogP contribution in [0.3, 0.4) is 0 Å². The standard InChI is InChI=1S/C19H26Cl2N6O4/c20-12-8-22-19(23-9-12)27-5-3-26(4-6-27)16(28)7-13-1-2-14(31-13)11-30-15-10-24-25-18(29)17(15)21/h8-9,13-15,17,24H,1-7,10-11H2,(H,25,29)/t13-,14-,15?,17?/m1/s1. The number of nitrogens with one attached hydrogen (secondary N) is 2. The number of alkyl halides is 1. The van der Waals surface area contributed by atoms with Crippen LogP contribution in [0, 0.1) is 0 Å². The lowest BCUT2D eigenvalue weighted by Gasteiger charge is -2.35. The molecule has 0 radical (unpaired) electrons. The maximum Gasteiger partial charge on any atom is 0.254 e. The molecule has 1 aromatic heterocycles. The van der Waals surface area contributed by atoms with Gasteiger partial charge in [-0.3, -0.25) is 15.0 Å². The van der Waals surface area contributed by atoms with Crippen LogP contribution < -0.4 is 15.8 Å². The summed E-state index contributed by atoms with van der Waals surface area (Å²) in [6, 6.07) is 0. The Bertz CT molecular complexity index is 777. The molecule has 0 aromatic carbocycles. The zero-order valence-corrected chi connectivity index (χ0v) is 18.5. The zero-order chi connectivity index (χ0) is 21.8. The molecule has 4 atom stereocenters. The third-order valence-corrected chi connectivity index (χ3v) is 6.38. The molecule has 31 heavy (non-hydrogen) atoms. The van der Waals surface area contributed by atoms with Crippen molar-refractivity contribution in [2.24, 2.45) is 0 Å². The highest BCUT2D eigenvalue weighted by molar-refractivity contribution is 6.31. The zero-order valence-electron chi connectivity index (χ0n) is 17.0. The summed E-state index contributed by atoms with van der Waals surface area (Å²) in [5.74, 6) is 0.428. The van der Waals surface area contributed by atoms with Gasteiger partial charge in [0.1, 0.15) is 5.38 Å². The van der Waals surface area contributed by atoms with Gasteiger partial charge in [-0.25, -0.2) is 15.4 Å². The second-order valence-corrected chi connectivity index (χ2v) is 8.78. The van der Waals surface area contributed by atoms with Gasteiger partial charge in [-0.2, -0.15) is 0 Å². The predicted octanol–water partition coefficient (Wildman–Crippen LogP) is 0.343. The molecule has 2 unspecified atom stereocenters. The van der Waals surface area contributed by atoms with Crippen LogP contribution in [0.25, 0.3) is 0 Å². The minimum Gasteiger partial charge on any atom is -0.372 e. The molecule has 12 heteroatoms. The molecule has 3 fully saturated rings. The van der Waals surface area contributed by atoms with Crippen molar-refractivity contribution in [1.29, 1.82) is 0 Å². The van der Waals surface area contributed by atoms with Crippen molar-refractivity contribution < 1.29 is 19.1 Å². The molecule has 10 nitrogen and oxygen atoms in total. The van der Waals surface area contributed by atoms with Crippen molar-refractivity contribution in [3.05, 3.63) is 17.4 Å². The Hall–Kier alpha value is -1.72. The lowest BCUT2D eigenvalue weighted by atomic mass is 10.1. The van der Waals surface area contributed by atoms with E-state index in [0.717, 1.165) is 12.8 Å². The molecular formula is C19H26Cl2N6O4. The highest BCUT2D eigenvalue weighted by atomic mass is 35.5. The summed E-state index contributed by atoms with van der Waals surface area (Å²) in [7, 11) is 0. The third kappa shape index (κ3) is 5.75. The van der Waals surface area contributed by atoms with Gasteiger partial charge in [0.2, 0.25) is 11.9 Å². The molecule has 170 valence electrons. The number of carbonyl (C=O) groups excluding carboxylic acids is 2. The number of halogens is 2. The first-order chi connectivity index (χ1) is 15.0. The van der Waals surface area contributed by atoms with Crippen molar-refractivity contribution in [3.63, 3.8) is 0 Å². The van der Waals surface area contributed by atoms with E-state index in [9.17, 15) is 9.59 Å². The summed E-state index contributed by atoms with van der Waals surface area (Å²) < 4.78 is 11.8. The quantitative estimate of drug-likeness (QED) is 0.570. The molecule has 4 heterocycles. The van der Waals surface area contributed by atoms with Gasteiger partial charge < -0.3 is 19.3 Å². The summed E-state index contributed by atoms with van der Waals surface area (Å²) in [4.78, 5) is 36.7. The van der Waals surface area contributed by atoms with Gasteiger partial charge in [0.25, 0.3) is 5.91 Å². The maximum absolute atomic E-state index is 12.7. The monoisotopic (exact) mass is 472 g/mol. The molecule has 3 saturated heterocycles. The van der Waals surface area contributed by atoms with Crippen LogP contribution in [0.2, 0.25) is 5.02 Å². The fraction of sp³-hybridized carbons (Fsp3) is 0.684. The van der Waals surface area contributed by atoms with Crippen LogP contribution in [-0.4, -0.2) is 89.7 Å². The second kappa shape index (κ2) is 10.3. The number of hydrazine groups is 1. The van der Waals surface area contributed by atoms with Crippen LogP contribution >= 0.6 is 23.2 Å². The van der Waals surface area contributed by atoms with Gasteiger partial charge in [0.15, 0.2) is 0 Å². The molecule has 3 aliphatic heterocycles. The van der Waals surface area contributed by atoms with Crippen LogP contribution in [0.5, 0.6) is 0 Å². The Morgan fingerprint density at radius 2 is 1.90 bits per heavy atom. The van der Waals surface area contributed by atoms with Gasteiger partial charge in [-0.15, -0.1) is 11.6 Å². The van der Waals surface area contributed by atoms with E-state index in [0.29, 0.717) is 56.7 Å². The van der Waals surface area contributed by atoms with Crippen LogP contribution in [0.1, 0.15) is 19.3 Å². The lowest BCUT2D eigenvalue weighted by Crippen LogP contribution is -2.57. The Morgan fingerprint density at radius 1 is 1.19 bits per heavy atom. The van der Waals surface area contributed by atoms with E-state index in [1.54, 1.807) is 12.4 Å². The van der Waals surface area contributed by atoms with Crippen molar-refractivity contribution in [2.45, 2.75) is 43.0 Å². The number of carbonyl (C=O) groups is 2. The lowest BCUT2D eigenvalue weighted by molar-refractivity contribution is -0.136. The van der Waals surface area contributed by atoms with E-state index in [2.05, 4.69) is 20.8 Å². The van der Waals surface area contributed by atoms with Gasteiger partial charge >= 0.3 is 0 Å². The molecule has 2 amide bonds. The molecule has 2 N–H and O–H groups in total. The van der Waals surface area contributed by atoms with Crippen LogP contribution in [0.15, 0.2) is 12.4 Å². The first kappa shape index (κ1) is 22.5. The number of piperazine rings is 1. The molecule has 4 rings (SSSR count). The summed E-state index contributed by atoms with van der Waals surface area (Å²) in [6.45, 7) is 3.40. The van der Waals surface area contributed by atoms with Gasteiger partial charge in [0, 0.05) is 32.7 Å². The third-order valence-electron chi connectivity index (χ3n) is 5.71. The number of anilines is 1. The fourth-order valence-corrected chi connectivity index (χ4v) is 4.27. The molecule has 0 aliphatic carbocycles. The topological polar surface area (TPSA) is 109 Å². The Labute approximate surface area is 190 Å². The fourth-order valence-electron chi connectivity index (χ4n) is 3.96. The van der Waals surface area contributed by atoms with Crippen LogP contribution in [0.4, 0.5) is 5.95 Å². The predicted molar refractivity (Wildman–Crippen MR) is 114 cm³/mol. The van der Waals surface area contributed by atoms with E-state index in [1.807, 2.05) is 9.80 Å². The van der Waals surface area contributed by atoms with E-state index >= 15 is 0 Å². The van der Waals surface area contributed by atoms with Crippen molar-refractivity contribution in [1.82, 2.24) is 25.7 Å². The number of ether oxygens (including phenoxy) is 2. The largest absolute Gasteiger partial charge is 0.372 e. The Kier molecular flexibility index (Phi) is 7.44. The Morgan fingerprint density at radius 3 is 2.65 bits per heavy atom. The molecule has 0 bridgehead atoms. The first-order valence-corrected chi connectivity index (χ1v) is 11.2. The molecule has 0 saturated carbocycles. The second-order valence-electron chi connectivity index (χ2n) is 7.87. The number of hydrogen-bond acceptors (Lipinski definition) is 8. The first-order valence-electron chi connectivity index (χ1n) is 10.4. The normalized spacial score (nSPS) is 29.2. The highest BCUT2D eigenvalue weighted by Crippen LogP contribution is 2.24. The molecular weight excluding hydrogens is 447 g/mol. The number of nitrogens with zero attached hydrogens (tertiary/aromatic N) is 4. The van der Waals surface area contributed by atoms with E-state index < -0.39 is 11.5 Å². The van der Waals surface area contributed by atoms with Gasteiger partial charge in [-0.05, 0) is 12.8 Å².